The van der Waals surface area contributed by atoms with Gasteiger partial charge in [0.25, 0.3) is 5.69 Å². The van der Waals surface area contributed by atoms with Crippen LogP contribution in [0.3, 0.4) is 0 Å². The highest BCUT2D eigenvalue weighted by Crippen LogP contribution is 2.39. The molecule has 1 aromatic carbocycles. The van der Waals surface area contributed by atoms with Crippen LogP contribution in [0.15, 0.2) is 24.3 Å². The van der Waals surface area contributed by atoms with E-state index < -0.39 is 10.7 Å². The van der Waals surface area contributed by atoms with Gasteiger partial charge in [-0.25, -0.2) is 0 Å². The van der Waals surface area contributed by atoms with Gasteiger partial charge in [0, 0.05) is 24.6 Å². The minimum Gasteiger partial charge on any atom is -1.00 e. The molecular formula is C16H23BrN2O4. The first-order valence-corrected chi connectivity index (χ1v) is 7.96. The van der Waals surface area contributed by atoms with Gasteiger partial charge in [0.05, 0.1) is 31.0 Å². The summed E-state index contributed by atoms with van der Waals surface area (Å²) in [6.45, 7) is 5.13. The number of nitro benzene ring substituents is 1. The van der Waals surface area contributed by atoms with Gasteiger partial charge in [-0.2, -0.15) is 0 Å². The van der Waals surface area contributed by atoms with E-state index in [0.29, 0.717) is 12.0 Å². The molecule has 7 heteroatoms. The van der Waals surface area contributed by atoms with Crippen molar-refractivity contribution in [3.8, 4) is 0 Å². The number of nitro groups is 1. The Morgan fingerprint density at radius 3 is 2.35 bits per heavy atom. The lowest BCUT2D eigenvalue weighted by molar-refractivity contribution is -0.987. The Morgan fingerprint density at radius 2 is 1.83 bits per heavy atom. The lowest BCUT2D eigenvalue weighted by atomic mass is 9.96. The number of ether oxygens (including phenoxy) is 1. The Bertz CT molecular complexity index is 560. The largest absolute Gasteiger partial charge is 1.00 e. The molecule has 1 spiro atoms. The summed E-state index contributed by atoms with van der Waals surface area (Å²) in [5.41, 5.74) is 0.621. The average molecular weight is 387 g/mol. The van der Waals surface area contributed by atoms with Crippen molar-refractivity contribution in [3.05, 3.63) is 39.9 Å². The van der Waals surface area contributed by atoms with E-state index in [4.69, 9.17) is 4.74 Å². The van der Waals surface area contributed by atoms with E-state index in [9.17, 15) is 15.2 Å². The molecule has 2 unspecified atom stereocenters. The highest BCUT2D eigenvalue weighted by molar-refractivity contribution is 5.34. The zero-order chi connectivity index (χ0) is 15.8. The first-order valence-electron chi connectivity index (χ1n) is 7.96. The maximum Gasteiger partial charge on any atom is 0.269 e. The molecule has 2 heterocycles. The van der Waals surface area contributed by atoms with Crippen LogP contribution in [-0.4, -0.2) is 40.4 Å². The third-order valence-corrected chi connectivity index (χ3v) is 5.27. The summed E-state index contributed by atoms with van der Waals surface area (Å²) in [7, 11) is 0. The third kappa shape index (κ3) is 3.42. The number of nitrogens with zero attached hydrogens (tertiary/aromatic N) is 2. The van der Waals surface area contributed by atoms with Crippen LogP contribution in [0, 0.1) is 10.1 Å². The molecule has 0 amide bonds. The first-order chi connectivity index (χ1) is 10.5. The summed E-state index contributed by atoms with van der Waals surface area (Å²) in [6.07, 6.45) is 4.16. The van der Waals surface area contributed by atoms with Crippen LogP contribution >= 0.6 is 0 Å². The zero-order valence-corrected chi connectivity index (χ0v) is 14.9. The van der Waals surface area contributed by atoms with E-state index >= 15 is 0 Å². The van der Waals surface area contributed by atoms with Crippen molar-refractivity contribution in [1.29, 1.82) is 0 Å². The predicted octanol–water partition coefficient (Wildman–Crippen LogP) is -0.489. The molecule has 0 radical (unpaired) electrons. The van der Waals surface area contributed by atoms with Gasteiger partial charge in [0.1, 0.15) is 0 Å². The van der Waals surface area contributed by atoms with E-state index in [-0.39, 0.29) is 28.9 Å². The Morgan fingerprint density at radius 1 is 1.22 bits per heavy atom. The molecule has 2 atom stereocenters. The van der Waals surface area contributed by atoms with E-state index in [2.05, 4.69) is 0 Å². The van der Waals surface area contributed by atoms with E-state index in [1.807, 2.05) is 6.92 Å². The molecule has 128 valence electrons. The topological polar surface area (TPSA) is 72.6 Å². The van der Waals surface area contributed by atoms with E-state index in [1.165, 1.54) is 31.4 Å². The van der Waals surface area contributed by atoms with Crippen molar-refractivity contribution >= 4 is 5.69 Å². The van der Waals surface area contributed by atoms with Crippen molar-refractivity contribution in [2.24, 2.45) is 0 Å². The molecular weight excluding hydrogens is 364 g/mol. The number of benzene rings is 1. The Labute approximate surface area is 146 Å². The summed E-state index contributed by atoms with van der Waals surface area (Å²) in [5.74, 6) is -1.34. The second-order valence-electron chi connectivity index (χ2n) is 6.51. The fraction of sp³-hybridized carbons (Fsp3) is 0.625. The molecule has 1 N–H and O–H groups in total. The van der Waals surface area contributed by atoms with Gasteiger partial charge in [-0.1, -0.05) is 0 Å². The summed E-state index contributed by atoms with van der Waals surface area (Å²) >= 11 is 0. The number of rotatable bonds is 2. The fourth-order valence-corrected chi connectivity index (χ4v) is 3.79. The summed E-state index contributed by atoms with van der Waals surface area (Å²) < 4.78 is 6.94. The standard InChI is InChI=1S/C16H23N2O4.BrH/c1-13-18(10-3-2-4-11-18)12-9-16(19,22-13)14-5-7-15(8-6-14)17(20)21;/h5-8,13,19H,2-4,9-12H2,1H3;1H/q+1;/p-1. The second kappa shape index (κ2) is 6.84. The maximum atomic E-state index is 10.9. The van der Waals surface area contributed by atoms with Crippen molar-refractivity contribution in [2.75, 3.05) is 19.6 Å². The van der Waals surface area contributed by atoms with Gasteiger partial charge >= 0.3 is 0 Å². The van der Waals surface area contributed by atoms with Gasteiger partial charge in [-0.3, -0.25) is 19.3 Å². The highest BCUT2D eigenvalue weighted by Gasteiger charge is 2.48. The number of halogens is 1. The fourth-order valence-electron chi connectivity index (χ4n) is 3.79. The normalized spacial score (nSPS) is 29.7. The highest BCUT2D eigenvalue weighted by atomic mass is 79.9. The molecule has 0 aliphatic carbocycles. The lowest BCUT2D eigenvalue weighted by Gasteiger charge is -2.52. The first kappa shape index (κ1) is 18.3. The third-order valence-electron chi connectivity index (χ3n) is 5.27. The van der Waals surface area contributed by atoms with Crippen LogP contribution in [0.1, 0.15) is 38.2 Å². The molecule has 0 saturated carbocycles. The number of hydrogen-bond acceptors (Lipinski definition) is 4. The molecule has 0 aromatic heterocycles. The van der Waals surface area contributed by atoms with Gasteiger partial charge < -0.3 is 22.1 Å². The van der Waals surface area contributed by atoms with Gasteiger partial charge in [0.15, 0.2) is 6.23 Å². The van der Waals surface area contributed by atoms with E-state index in [1.54, 1.807) is 12.1 Å². The average Bonchev–Trinajstić information content (AvgIpc) is 2.53. The maximum absolute atomic E-state index is 10.9. The smallest absolute Gasteiger partial charge is 0.269 e. The predicted molar refractivity (Wildman–Crippen MR) is 80.9 cm³/mol. The van der Waals surface area contributed by atoms with Crippen LogP contribution in [-0.2, 0) is 10.5 Å². The van der Waals surface area contributed by atoms with Crippen LogP contribution in [0.5, 0.6) is 0 Å². The quantitative estimate of drug-likeness (QED) is 0.423. The van der Waals surface area contributed by atoms with Crippen LogP contribution in [0.2, 0.25) is 0 Å². The SMILES string of the molecule is CC1OC(O)(c2ccc([N+](=O)[O-])cc2)CC[N+]12CCCCC2.[Br-]. The monoisotopic (exact) mass is 386 g/mol. The van der Waals surface area contributed by atoms with Crippen molar-refractivity contribution < 1.29 is 36.2 Å². The Hall–Kier alpha value is -1.02. The number of quaternary nitrogens is 1. The molecule has 2 aliphatic heterocycles. The molecule has 2 saturated heterocycles. The van der Waals surface area contributed by atoms with Gasteiger partial charge in [-0.05, 0) is 31.4 Å². The minimum absolute atomic E-state index is 0. The Balaban J connectivity index is 0.00000192. The van der Waals surface area contributed by atoms with E-state index in [0.717, 1.165) is 24.1 Å². The summed E-state index contributed by atoms with van der Waals surface area (Å²) in [6, 6.07) is 6.02. The Kier molecular flexibility index (Phi) is 5.45. The summed E-state index contributed by atoms with van der Waals surface area (Å²) in [5, 5.41) is 21.6. The van der Waals surface area contributed by atoms with Crippen molar-refractivity contribution in [1.82, 2.24) is 0 Å². The number of piperidine rings is 1. The molecule has 1 aromatic rings. The molecule has 6 nitrogen and oxygen atoms in total. The number of hydrogen-bond donors (Lipinski definition) is 1. The molecule has 3 rings (SSSR count). The van der Waals surface area contributed by atoms with Crippen molar-refractivity contribution in [2.45, 2.75) is 44.6 Å². The number of aliphatic hydroxyl groups is 1. The van der Waals surface area contributed by atoms with Crippen LogP contribution in [0.4, 0.5) is 5.69 Å². The van der Waals surface area contributed by atoms with Gasteiger partial charge in [-0.15, -0.1) is 0 Å². The van der Waals surface area contributed by atoms with Crippen LogP contribution < -0.4 is 17.0 Å². The van der Waals surface area contributed by atoms with Crippen LogP contribution in [0.25, 0.3) is 0 Å². The molecule has 0 bridgehead atoms. The lowest BCUT2D eigenvalue weighted by Crippen LogP contribution is -3.00. The molecule has 23 heavy (non-hydrogen) atoms. The molecule has 2 aliphatic rings. The summed E-state index contributed by atoms with van der Waals surface area (Å²) in [4.78, 5) is 10.3. The molecule has 2 fully saturated rings. The minimum atomic E-state index is -1.34. The second-order valence-corrected chi connectivity index (χ2v) is 6.51. The number of non-ortho nitro benzene ring substituents is 1. The zero-order valence-electron chi connectivity index (χ0n) is 13.3. The van der Waals surface area contributed by atoms with Crippen molar-refractivity contribution in [3.63, 3.8) is 0 Å². The van der Waals surface area contributed by atoms with Gasteiger partial charge in [0.2, 0.25) is 5.79 Å².